The molecule has 1 heterocycles. The van der Waals surface area contributed by atoms with E-state index in [1.807, 2.05) is 48.5 Å². The Morgan fingerprint density at radius 2 is 1.74 bits per heavy atom. The van der Waals surface area contributed by atoms with E-state index in [1.54, 1.807) is 0 Å². The summed E-state index contributed by atoms with van der Waals surface area (Å²) in [7, 11) is 0. The molecular weight excluding hydrogens is 288 g/mol. The summed E-state index contributed by atoms with van der Waals surface area (Å²) in [5.74, 6) is -0.779. The molecule has 1 aliphatic heterocycles. The zero-order chi connectivity index (χ0) is 16.3. The average Bonchev–Trinajstić information content (AvgIpc) is 2.58. The van der Waals surface area contributed by atoms with Gasteiger partial charge in [-0.25, -0.2) is 0 Å². The lowest BCUT2D eigenvalue weighted by molar-refractivity contribution is -0.147. The molecule has 0 aliphatic carbocycles. The van der Waals surface area contributed by atoms with Crippen molar-refractivity contribution in [3.8, 4) is 0 Å². The van der Waals surface area contributed by atoms with Crippen LogP contribution in [-0.2, 0) is 16.8 Å². The van der Waals surface area contributed by atoms with Gasteiger partial charge < -0.3 is 10.8 Å². The summed E-state index contributed by atoms with van der Waals surface area (Å²) in [4.78, 5) is 14.2. The van der Waals surface area contributed by atoms with Crippen LogP contribution in [0.4, 0.5) is 0 Å². The van der Waals surface area contributed by atoms with E-state index in [4.69, 9.17) is 5.73 Å². The first-order valence-electron chi connectivity index (χ1n) is 7.94. The highest BCUT2D eigenvalue weighted by atomic mass is 16.4. The normalized spacial score (nSPS) is 25.2. The maximum absolute atomic E-state index is 12.0. The topological polar surface area (TPSA) is 66.6 Å². The van der Waals surface area contributed by atoms with Crippen LogP contribution in [0.3, 0.4) is 0 Å². The first-order valence-corrected chi connectivity index (χ1v) is 7.94. The summed E-state index contributed by atoms with van der Waals surface area (Å²) in [5.41, 5.74) is 7.51. The number of likely N-dealkylation sites (tertiary alicyclic amines) is 1. The fourth-order valence-corrected chi connectivity index (χ4v) is 3.44. The van der Waals surface area contributed by atoms with Gasteiger partial charge in [-0.05, 0) is 24.0 Å². The van der Waals surface area contributed by atoms with Crippen molar-refractivity contribution in [2.45, 2.75) is 31.0 Å². The van der Waals surface area contributed by atoms with Crippen molar-refractivity contribution < 1.29 is 9.90 Å². The van der Waals surface area contributed by atoms with Crippen LogP contribution < -0.4 is 5.73 Å². The zero-order valence-corrected chi connectivity index (χ0v) is 13.1. The van der Waals surface area contributed by atoms with Crippen LogP contribution in [-0.4, -0.2) is 28.7 Å². The lowest BCUT2D eigenvalue weighted by atomic mass is 9.71. The van der Waals surface area contributed by atoms with Crippen LogP contribution in [0.25, 0.3) is 0 Å². The predicted octanol–water partition coefficient (Wildman–Crippen LogP) is 2.59. The van der Waals surface area contributed by atoms with E-state index in [-0.39, 0.29) is 6.17 Å². The van der Waals surface area contributed by atoms with Gasteiger partial charge in [-0.3, -0.25) is 9.69 Å². The molecule has 3 N–H and O–H groups in total. The molecule has 4 nitrogen and oxygen atoms in total. The largest absolute Gasteiger partial charge is 0.481 e. The highest BCUT2D eigenvalue weighted by molar-refractivity contribution is 5.81. The SMILES string of the molecule is NC1CC(C(=O)O)(c2ccccc2)CCN1Cc1ccccc1. The third-order valence-electron chi connectivity index (χ3n) is 4.82. The molecule has 2 atom stereocenters. The fourth-order valence-electron chi connectivity index (χ4n) is 3.44. The number of piperidine rings is 1. The highest BCUT2D eigenvalue weighted by Crippen LogP contribution is 2.37. The number of hydrogen-bond acceptors (Lipinski definition) is 3. The van der Waals surface area contributed by atoms with E-state index in [0.717, 1.165) is 12.1 Å². The van der Waals surface area contributed by atoms with Crippen LogP contribution in [0, 0.1) is 0 Å². The number of carbonyl (C=O) groups is 1. The quantitative estimate of drug-likeness (QED) is 0.911. The molecule has 2 aromatic rings. The highest BCUT2D eigenvalue weighted by Gasteiger charge is 2.45. The molecule has 0 bridgehead atoms. The molecule has 0 spiro atoms. The van der Waals surface area contributed by atoms with Crippen LogP contribution in [0.5, 0.6) is 0 Å². The Morgan fingerprint density at radius 1 is 1.13 bits per heavy atom. The van der Waals surface area contributed by atoms with Crippen LogP contribution in [0.15, 0.2) is 60.7 Å². The number of carboxylic acids is 1. The van der Waals surface area contributed by atoms with Crippen molar-refractivity contribution in [3.63, 3.8) is 0 Å². The Kier molecular flexibility index (Phi) is 4.46. The summed E-state index contributed by atoms with van der Waals surface area (Å²) >= 11 is 0. The zero-order valence-electron chi connectivity index (χ0n) is 13.1. The Labute approximate surface area is 136 Å². The summed E-state index contributed by atoms with van der Waals surface area (Å²) in [5, 5.41) is 9.86. The van der Waals surface area contributed by atoms with Gasteiger partial charge in [-0.1, -0.05) is 60.7 Å². The molecule has 2 unspecified atom stereocenters. The Hall–Kier alpha value is -2.17. The van der Waals surface area contributed by atoms with Gasteiger partial charge in [0.05, 0.1) is 11.6 Å². The number of hydrogen-bond donors (Lipinski definition) is 2. The number of nitrogens with two attached hydrogens (primary N) is 1. The minimum absolute atomic E-state index is 0.264. The van der Waals surface area contributed by atoms with Crippen LogP contribution >= 0.6 is 0 Å². The minimum Gasteiger partial charge on any atom is -0.481 e. The summed E-state index contributed by atoms with van der Waals surface area (Å²) in [6.45, 7) is 1.43. The number of carboxylic acid groups (broad SMARTS) is 1. The summed E-state index contributed by atoms with van der Waals surface area (Å²) in [6, 6.07) is 19.6. The van der Waals surface area contributed by atoms with Gasteiger partial charge in [0, 0.05) is 13.1 Å². The van der Waals surface area contributed by atoms with Gasteiger partial charge in [0.1, 0.15) is 0 Å². The first-order chi connectivity index (χ1) is 11.1. The number of nitrogens with zero attached hydrogens (tertiary/aromatic N) is 1. The summed E-state index contributed by atoms with van der Waals surface area (Å²) in [6.07, 6.45) is 0.742. The first kappa shape index (κ1) is 15.7. The minimum atomic E-state index is -0.881. The van der Waals surface area contributed by atoms with Crippen molar-refractivity contribution in [3.05, 3.63) is 71.8 Å². The molecule has 0 amide bonds. The van der Waals surface area contributed by atoms with Crippen molar-refractivity contribution in [2.24, 2.45) is 5.73 Å². The van der Waals surface area contributed by atoms with E-state index in [0.29, 0.717) is 19.4 Å². The van der Waals surface area contributed by atoms with Crippen molar-refractivity contribution >= 4 is 5.97 Å². The second-order valence-corrected chi connectivity index (χ2v) is 6.23. The van der Waals surface area contributed by atoms with Gasteiger partial charge in [0.15, 0.2) is 0 Å². The fraction of sp³-hybridized carbons (Fsp3) is 0.316. The number of rotatable bonds is 4. The van der Waals surface area contributed by atoms with E-state index in [1.165, 1.54) is 5.56 Å². The second-order valence-electron chi connectivity index (χ2n) is 6.23. The summed E-state index contributed by atoms with van der Waals surface area (Å²) < 4.78 is 0. The molecule has 1 aliphatic rings. The smallest absolute Gasteiger partial charge is 0.314 e. The van der Waals surface area contributed by atoms with Crippen LogP contribution in [0.1, 0.15) is 24.0 Å². The second kappa shape index (κ2) is 6.52. The molecule has 120 valence electrons. The third-order valence-corrected chi connectivity index (χ3v) is 4.82. The van der Waals surface area contributed by atoms with E-state index in [2.05, 4.69) is 17.0 Å². The molecular formula is C19H22N2O2. The molecule has 1 saturated heterocycles. The molecule has 3 rings (SSSR count). The van der Waals surface area contributed by atoms with Crippen molar-refractivity contribution in [1.82, 2.24) is 4.90 Å². The Morgan fingerprint density at radius 3 is 2.30 bits per heavy atom. The monoisotopic (exact) mass is 310 g/mol. The molecule has 0 saturated carbocycles. The predicted molar refractivity (Wildman–Crippen MR) is 89.8 cm³/mol. The Bertz CT molecular complexity index is 660. The molecule has 0 radical (unpaired) electrons. The van der Waals surface area contributed by atoms with Gasteiger partial charge in [-0.2, -0.15) is 0 Å². The lowest BCUT2D eigenvalue weighted by Gasteiger charge is -2.43. The maximum atomic E-state index is 12.0. The molecule has 0 aromatic heterocycles. The third kappa shape index (κ3) is 3.14. The lowest BCUT2D eigenvalue weighted by Crippen LogP contribution is -2.55. The average molecular weight is 310 g/mol. The standard InChI is InChI=1S/C19H22N2O2/c20-17-13-19(18(22)23,16-9-5-2-6-10-16)11-12-21(17)14-15-7-3-1-4-8-15/h1-10,17H,11-14,20H2,(H,22,23). The van der Waals surface area contributed by atoms with E-state index < -0.39 is 11.4 Å². The maximum Gasteiger partial charge on any atom is 0.314 e. The van der Waals surface area contributed by atoms with Crippen LogP contribution in [0.2, 0.25) is 0 Å². The van der Waals surface area contributed by atoms with Gasteiger partial charge >= 0.3 is 5.97 Å². The molecule has 23 heavy (non-hydrogen) atoms. The number of benzene rings is 2. The molecule has 4 heteroatoms. The van der Waals surface area contributed by atoms with E-state index >= 15 is 0 Å². The molecule has 2 aromatic carbocycles. The van der Waals surface area contributed by atoms with Crippen molar-refractivity contribution in [2.75, 3.05) is 6.54 Å². The number of aliphatic carboxylic acids is 1. The van der Waals surface area contributed by atoms with Gasteiger partial charge in [-0.15, -0.1) is 0 Å². The van der Waals surface area contributed by atoms with Gasteiger partial charge in [0.25, 0.3) is 0 Å². The Balaban J connectivity index is 1.79. The van der Waals surface area contributed by atoms with Crippen molar-refractivity contribution in [1.29, 1.82) is 0 Å². The van der Waals surface area contributed by atoms with E-state index in [9.17, 15) is 9.90 Å². The van der Waals surface area contributed by atoms with Gasteiger partial charge in [0.2, 0.25) is 0 Å². The molecule has 1 fully saturated rings.